The number of aliphatic hydroxyl groups excluding tert-OH is 1. The van der Waals surface area contributed by atoms with E-state index in [1.807, 2.05) is 36.4 Å². The number of carbonyl (C=O) groups is 3. The van der Waals surface area contributed by atoms with Crippen LogP contribution >= 0.6 is 0 Å². The van der Waals surface area contributed by atoms with E-state index >= 15 is 0 Å². The van der Waals surface area contributed by atoms with E-state index in [-0.39, 0.29) is 24.9 Å². The highest BCUT2D eigenvalue weighted by Gasteiger charge is 2.34. The fraction of sp³-hybridized carbons (Fsp3) is 0.400. The molecule has 0 radical (unpaired) electrons. The SMILES string of the molecule is CN(CC(=O)N1CCC[C@H]1C(=O)O)CC(O)[C@H](Cc1ccccc1)NC(=O)c1ccccc1. The summed E-state index contributed by atoms with van der Waals surface area (Å²) in [6, 6.07) is 17.0. The minimum atomic E-state index is -0.991. The van der Waals surface area contributed by atoms with Gasteiger partial charge in [0.2, 0.25) is 5.91 Å². The largest absolute Gasteiger partial charge is 0.480 e. The number of carboxylic acid groups (broad SMARTS) is 1. The number of carbonyl (C=O) groups excluding carboxylic acids is 2. The fourth-order valence-corrected chi connectivity index (χ4v) is 4.15. The van der Waals surface area contributed by atoms with Gasteiger partial charge in [0, 0.05) is 18.7 Å². The van der Waals surface area contributed by atoms with Crippen LogP contribution in [0.1, 0.15) is 28.8 Å². The Kier molecular flexibility index (Phi) is 8.57. The van der Waals surface area contributed by atoms with Gasteiger partial charge in [-0.1, -0.05) is 48.5 Å². The second-order valence-corrected chi connectivity index (χ2v) is 8.48. The molecule has 0 bridgehead atoms. The lowest BCUT2D eigenvalue weighted by Gasteiger charge is -2.29. The molecule has 176 valence electrons. The molecule has 2 aromatic carbocycles. The smallest absolute Gasteiger partial charge is 0.326 e. The van der Waals surface area contributed by atoms with Gasteiger partial charge in [-0.15, -0.1) is 0 Å². The lowest BCUT2D eigenvalue weighted by atomic mass is 10.00. The molecule has 3 atom stereocenters. The van der Waals surface area contributed by atoms with Crippen molar-refractivity contribution in [2.24, 2.45) is 0 Å². The Hall–Kier alpha value is -3.23. The molecule has 8 heteroatoms. The second-order valence-electron chi connectivity index (χ2n) is 8.48. The number of nitrogens with one attached hydrogen (secondary N) is 1. The molecule has 3 rings (SSSR count). The van der Waals surface area contributed by atoms with Crippen LogP contribution in [0.2, 0.25) is 0 Å². The van der Waals surface area contributed by atoms with Gasteiger partial charge >= 0.3 is 5.97 Å². The molecule has 1 aliphatic heterocycles. The van der Waals surface area contributed by atoms with Gasteiger partial charge in [0.05, 0.1) is 18.7 Å². The number of likely N-dealkylation sites (N-methyl/N-ethyl adjacent to an activating group) is 1. The minimum absolute atomic E-state index is 0.00840. The highest BCUT2D eigenvalue weighted by molar-refractivity contribution is 5.94. The van der Waals surface area contributed by atoms with Crippen LogP contribution in [0.15, 0.2) is 60.7 Å². The number of hydrogen-bond donors (Lipinski definition) is 3. The highest BCUT2D eigenvalue weighted by atomic mass is 16.4. The summed E-state index contributed by atoms with van der Waals surface area (Å²) in [6.07, 6.45) is 0.609. The molecule has 0 aliphatic carbocycles. The molecule has 1 saturated heterocycles. The van der Waals surface area contributed by atoms with Crippen molar-refractivity contribution in [1.29, 1.82) is 0 Å². The summed E-state index contributed by atoms with van der Waals surface area (Å²) in [5, 5.41) is 23.2. The zero-order valence-corrected chi connectivity index (χ0v) is 18.8. The Balaban J connectivity index is 1.64. The molecule has 1 unspecified atom stereocenters. The van der Waals surface area contributed by atoms with Gasteiger partial charge in [-0.25, -0.2) is 4.79 Å². The van der Waals surface area contributed by atoms with Crippen LogP contribution in [0.25, 0.3) is 0 Å². The van der Waals surface area contributed by atoms with Gasteiger partial charge in [0.25, 0.3) is 5.91 Å². The van der Waals surface area contributed by atoms with E-state index < -0.39 is 24.2 Å². The molecule has 3 N–H and O–H groups in total. The standard InChI is InChI=1S/C25H31N3O5/c1-27(17-23(30)28-14-8-13-21(28)25(32)33)16-22(29)20(15-18-9-4-2-5-10-18)26-24(31)19-11-6-3-7-12-19/h2-7,9-12,20-22,29H,8,13-17H2,1H3,(H,26,31)(H,32,33)/t20-,21-,22?/m0/s1. The molecule has 2 aromatic rings. The van der Waals surface area contributed by atoms with E-state index in [0.717, 1.165) is 5.56 Å². The number of aliphatic carboxylic acids is 1. The van der Waals surface area contributed by atoms with Gasteiger partial charge < -0.3 is 20.4 Å². The number of benzene rings is 2. The number of aliphatic hydroxyl groups is 1. The lowest BCUT2D eigenvalue weighted by Crippen LogP contribution is -2.51. The van der Waals surface area contributed by atoms with Gasteiger partial charge in [-0.05, 0) is 44.0 Å². The molecule has 8 nitrogen and oxygen atoms in total. The third-order valence-electron chi connectivity index (χ3n) is 5.88. The van der Waals surface area contributed by atoms with Crippen LogP contribution in [0.5, 0.6) is 0 Å². The van der Waals surface area contributed by atoms with Crippen molar-refractivity contribution in [3.8, 4) is 0 Å². The van der Waals surface area contributed by atoms with E-state index in [4.69, 9.17) is 0 Å². The quantitative estimate of drug-likeness (QED) is 0.502. The van der Waals surface area contributed by atoms with Crippen LogP contribution < -0.4 is 5.32 Å². The topological polar surface area (TPSA) is 110 Å². The molecule has 0 aromatic heterocycles. The zero-order chi connectivity index (χ0) is 23.8. The first kappa shape index (κ1) is 24.4. The third kappa shape index (κ3) is 6.87. The van der Waals surface area contributed by atoms with Crippen molar-refractivity contribution in [2.45, 2.75) is 37.5 Å². The maximum atomic E-state index is 12.7. The molecule has 33 heavy (non-hydrogen) atoms. The minimum Gasteiger partial charge on any atom is -0.480 e. The van der Waals surface area contributed by atoms with E-state index in [2.05, 4.69) is 5.32 Å². The first-order valence-electron chi connectivity index (χ1n) is 11.1. The average molecular weight is 454 g/mol. The Morgan fingerprint density at radius 1 is 1.09 bits per heavy atom. The number of nitrogens with zero attached hydrogens (tertiary/aromatic N) is 2. The Bertz CT molecular complexity index is 938. The first-order valence-corrected chi connectivity index (χ1v) is 11.1. The fourth-order valence-electron chi connectivity index (χ4n) is 4.15. The monoisotopic (exact) mass is 453 g/mol. The van der Waals surface area contributed by atoms with Gasteiger partial charge in [0.1, 0.15) is 6.04 Å². The zero-order valence-electron chi connectivity index (χ0n) is 18.8. The van der Waals surface area contributed by atoms with Gasteiger partial charge in [0.15, 0.2) is 0 Å². The van der Waals surface area contributed by atoms with Crippen molar-refractivity contribution in [3.05, 3.63) is 71.8 Å². The maximum absolute atomic E-state index is 12.7. The Morgan fingerprint density at radius 3 is 2.36 bits per heavy atom. The number of likely N-dealkylation sites (tertiary alicyclic amines) is 1. The van der Waals surface area contributed by atoms with Crippen LogP contribution in [0.3, 0.4) is 0 Å². The number of amides is 2. The van der Waals surface area contributed by atoms with Crippen molar-refractivity contribution in [1.82, 2.24) is 15.1 Å². The summed E-state index contributed by atoms with van der Waals surface area (Å²) >= 11 is 0. The maximum Gasteiger partial charge on any atom is 0.326 e. The molecular formula is C25H31N3O5. The van der Waals surface area contributed by atoms with E-state index in [1.165, 1.54) is 4.90 Å². The number of rotatable bonds is 10. The molecule has 1 fully saturated rings. The van der Waals surface area contributed by atoms with E-state index in [0.29, 0.717) is 31.4 Å². The molecular weight excluding hydrogens is 422 g/mol. The summed E-state index contributed by atoms with van der Waals surface area (Å²) in [5.74, 6) is -1.55. The second kappa shape index (κ2) is 11.6. The Labute approximate surface area is 193 Å². The Morgan fingerprint density at radius 2 is 1.73 bits per heavy atom. The lowest BCUT2D eigenvalue weighted by molar-refractivity contribution is -0.148. The molecule has 1 aliphatic rings. The van der Waals surface area contributed by atoms with Crippen LogP contribution in [-0.4, -0.2) is 82.7 Å². The summed E-state index contributed by atoms with van der Waals surface area (Å²) in [5.41, 5.74) is 1.47. The van der Waals surface area contributed by atoms with Crippen LogP contribution in [-0.2, 0) is 16.0 Å². The average Bonchev–Trinajstić information content (AvgIpc) is 3.30. The van der Waals surface area contributed by atoms with Crippen LogP contribution in [0, 0.1) is 0 Å². The summed E-state index contributed by atoms with van der Waals surface area (Å²) < 4.78 is 0. The molecule has 0 saturated carbocycles. The van der Waals surface area contributed by atoms with Crippen molar-refractivity contribution in [3.63, 3.8) is 0 Å². The molecule has 2 amide bonds. The molecule has 1 heterocycles. The summed E-state index contributed by atoms with van der Waals surface area (Å²) in [6.45, 7) is 0.561. The van der Waals surface area contributed by atoms with Gasteiger partial charge in [-0.3, -0.25) is 14.5 Å². The highest BCUT2D eigenvalue weighted by Crippen LogP contribution is 2.18. The third-order valence-corrected chi connectivity index (χ3v) is 5.88. The van der Waals surface area contributed by atoms with Crippen molar-refractivity contribution < 1.29 is 24.6 Å². The normalized spacial score (nSPS) is 17.5. The predicted molar refractivity (Wildman–Crippen MR) is 124 cm³/mol. The van der Waals surface area contributed by atoms with E-state index in [9.17, 15) is 24.6 Å². The predicted octanol–water partition coefficient (Wildman–Crippen LogP) is 1.40. The number of carboxylic acids is 1. The van der Waals surface area contributed by atoms with Crippen molar-refractivity contribution >= 4 is 17.8 Å². The molecule has 0 spiro atoms. The van der Waals surface area contributed by atoms with E-state index in [1.54, 1.807) is 36.2 Å². The number of hydrogen-bond acceptors (Lipinski definition) is 5. The van der Waals surface area contributed by atoms with Gasteiger partial charge in [-0.2, -0.15) is 0 Å². The summed E-state index contributed by atoms with van der Waals surface area (Å²) in [4.78, 5) is 39.8. The van der Waals surface area contributed by atoms with Crippen LogP contribution in [0.4, 0.5) is 0 Å². The summed E-state index contributed by atoms with van der Waals surface area (Å²) in [7, 11) is 1.70. The van der Waals surface area contributed by atoms with Crippen molar-refractivity contribution in [2.75, 3.05) is 26.7 Å². The first-order chi connectivity index (χ1) is 15.8.